The van der Waals surface area contributed by atoms with E-state index in [1.165, 1.54) is 15.6 Å². The standard InChI is InChI=1S/C15H19NOS/c1-2-3-6-11(15(16)17)9-12-10-18-14-8-5-4-7-13(12)14/h4-5,7-8,10-11H,2-3,6,9H2,1H3,(H2,16,17). The lowest BCUT2D eigenvalue weighted by atomic mass is 9.93. The number of carbonyl (C=O) groups is 1. The maximum absolute atomic E-state index is 11.5. The summed E-state index contributed by atoms with van der Waals surface area (Å²) in [5.41, 5.74) is 6.76. The lowest BCUT2D eigenvalue weighted by Gasteiger charge is -2.12. The number of thiophene rings is 1. The van der Waals surface area contributed by atoms with Gasteiger partial charge in [-0.25, -0.2) is 0 Å². The first kappa shape index (κ1) is 13.1. The minimum atomic E-state index is -0.168. The first-order valence-electron chi connectivity index (χ1n) is 6.46. The number of hydrogen-bond acceptors (Lipinski definition) is 2. The monoisotopic (exact) mass is 261 g/mol. The van der Waals surface area contributed by atoms with Crippen LogP contribution in [0.25, 0.3) is 10.1 Å². The average Bonchev–Trinajstić information content (AvgIpc) is 2.77. The number of hydrogen-bond donors (Lipinski definition) is 1. The molecule has 1 atom stereocenters. The fraction of sp³-hybridized carbons (Fsp3) is 0.400. The number of amides is 1. The van der Waals surface area contributed by atoms with E-state index in [0.717, 1.165) is 25.7 Å². The van der Waals surface area contributed by atoms with Crippen molar-refractivity contribution in [3.05, 3.63) is 35.2 Å². The lowest BCUT2D eigenvalue weighted by Crippen LogP contribution is -2.25. The van der Waals surface area contributed by atoms with Crippen molar-refractivity contribution in [3.63, 3.8) is 0 Å². The quantitative estimate of drug-likeness (QED) is 0.845. The zero-order chi connectivity index (χ0) is 13.0. The number of fused-ring (bicyclic) bond motifs is 1. The van der Waals surface area contributed by atoms with Gasteiger partial charge in [0.05, 0.1) is 0 Å². The third kappa shape index (κ3) is 2.91. The van der Waals surface area contributed by atoms with E-state index in [9.17, 15) is 4.79 Å². The van der Waals surface area contributed by atoms with E-state index in [1.54, 1.807) is 11.3 Å². The molecule has 0 bridgehead atoms. The second kappa shape index (κ2) is 6.01. The molecule has 2 rings (SSSR count). The Morgan fingerprint density at radius 3 is 2.89 bits per heavy atom. The van der Waals surface area contributed by atoms with E-state index in [2.05, 4.69) is 24.4 Å². The smallest absolute Gasteiger partial charge is 0.220 e. The van der Waals surface area contributed by atoms with Crippen LogP contribution in [0.15, 0.2) is 29.6 Å². The summed E-state index contributed by atoms with van der Waals surface area (Å²) in [6.07, 6.45) is 3.85. The highest BCUT2D eigenvalue weighted by molar-refractivity contribution is 7.17. The summed E-state index contributed by atoms with van der Waals surface area (Å²) in [5, 5.41) is 3.43. The minimum Gasteiger partial charge on any atom is -0.369 e. The molecule has 0 aliphatic heterocycles. The van der Waals surface area contributed by atoms with Crippen LogP contribution in [0.2, 0.25) is 0 Å². The van der Waals surface area contributed by atoms with E-state index in [0.29, 0.717) is 0 Å². The molecule has 0 aliphatic rings. The fourth-order valence-corrected chi connectivity index (χ4v) is 3.23. The molecule has 2 aromatic rings. The Kier molecular flexibility index (Phi) is 4.37. The molecule has 0 spiro atoms. The van der Waals surface area contributed by atoms with Gasteiger partial charge in [-0.05, 0) is 35.2 Å². The van der Waals surface area contributed by atoms with Crippen molar-refractivity contribution in [3.8, 4) is 0 Å². The van der Waals surface area contributed by atoms with Gasteiger partial charge < -0.3 is 5.73 Å². The van der Waals surface area contributed by atoms with Crippen LogP contribution in [-0.2, 0) is 11.2 Å². The molecule has 2 N–H and O–H groups in total. The number of unbranched alkanes of at least 4 members (excludes halogenated alkanes) is 1. The van der Waals surface area contributed by atoms with Crippen molar-refractivity contribution in [1.82, 2.24) is 0 Å². The van der Waals surface area contributed by atoms with E-state index in [1.807, 2.05) is 12.1 Å². The Morgan fingerprint density at radius 2 is 2.17 bits per heavy atom. The summed E-state index contributed by atoms with van der Waals surface area (Å²) < 4.78 is 1.28. The van der Waals surface area contributed by atoms with Gasteiger partial charge in [-0.3, -0.25) is 4.79 Å². The molecule has 1 aromatic carbocycles. The summed E-state index contributed by atoms with van der Waals surface area (Å²) >= 11 is 1.74. The van der Waals surface area contributed by atoms with Crippen LogP contribution in [0, 0.1) is 5.92 Å². The average molecular weight is 261 g/mol. The van der Waals surface area contributed by atoms with Crippen LogP contribution in [-0.4, -0.2) is 5.91 Å². The third-order valence-corrected chi connectivity index (χ3v) is 4.35. The Hall–Kier alpha value is -1.35. The van der Waals surface area contributed by atoms with Crippen molar-refractivity contribution in [2.45, 2.75) is 32.6 Å². The lowest BCUT2D eigenvalue weighted by molar-refractivity contribution is -0.122. The maximum atomic E-state index is 11.5. The van der Waals surface area contributed by atoms with E-state index < -0.39 is 0 Å². The Bertz CT molecular complexity index is 532. The maximum Gasteiger partial charge on any atom is 0.220 e. The van der Waals surface area contributed by atoms with Crippen LogP contribution in [0.5, 0.6) is 0 Å². The van der Waals surface area contributed by atoms with Crippen molar-refractivity contribution >= 4 is 27.3 Å². The Labute approximate surface area is 112 Å². The largest absolute Gasteiger partial charge is 0.369 e. The van der Waals surface area contributed by atoms with E-state index >= 15 is 0 Å². The number of nitrogens with two attached hydrogens (primary N) is 1. The molecule has 0 radical (unpaired) electrons. The molecule has 96 valence electrons. The molecule has 0 aliphatic carbocycles. The third-order valence-electron chi connectivity index (χ3n) is 3.34. The van der Waals surface area contributed by atoms with Crippen LogP contribution >= 0.6 is 11.3 Å². The second-order valence-electron chi connectivity index (χ2n) is 4.70. The van der Waals surface area contributed by atoms with Crippen LogP contribution in [0.1, 0.15) is 31.7 Å². The normalized spacial score (nSPS) is 12.7. The zero-order valence-electron chi connectivity index (χ0n) is 10.7. The molecule has 1 amide bonds. The number of carbonyl (C=O) groups excluding carboxylic acids is 1. The molecule has 1 heterocycles. The van der Waals surface area contributed by atoms with Gasteiger partial charge in [0.15, 0.2) is 0 Å². The molecule has 0 saturated carbocycles. The first-order chi connectivity index (χ1) is 8.72. The summed E-state index contributed by atoms with van der Waals surface area (Å²) in [5.74, 6) is -0.193. The number of rotatable bonds is 6. The second-order valence-corrected chi connectivity index (χ2v) is 5.61. The van der Waals surface area contributed by atoms with Crippen molar-refractivity contribution in [2.75, 3.05) is 0 Å². The molecule has 0 saturated heterocycles. The molecule has 1 aromatic heterocycles. The Morgan fingerprint density at radius 1 is 1.39 bits per heavy atom. The fourth-order valence-electron chi connectivity index (χ4n) is 2.25. The van der Waals surface area contributed by atoms with Gasteiger partial charge >= 0.3 is 0 Å². The number of primary amides is 1. The Balaban J connectivity index is 2.18. The highest BCUT2D eigenvalue weighted by Gasteiger charge is 2.17. The predicted octanol–water partition coefficient (Wildman–Crippen LogP) is 3.74. The van der Waals surface area contributed by atoms with Crippen LogP contribution in [0.3, 0.4) is 0 Å². The summed E-state index contributed by atoms with van der Waals surface area (Å²) in [6.45, 7) is 2.14. The van der Waals surface area contributed by atoms with Crippen LogP contribution < -0.4 is 5.73 Å². The molecule has 18 heavy (non-hydrogen) atoms. The van der Waals surface area contributed by atoms with Crippen molar-refractivity contribution in [2.24, 2.45) is 11.7 Å². The van der Waals surface area contributed by atoms with Gasteiger partial charge in [0, 0.05) is 10.6 Å². The predicted molar refractivity (Wildman–Crippen MR) is 77.7 cm³/mol. The minimum absolute atomic E-state index is 0.0250. The molecule has 2 nitrogen and oxygen atoms in total. The molecule has 0 fully saturated rings. The summed E-state index contributed by atoms with van der Waals surface area (Å²) in [6, 6.07) is 8.34. The van der Waals surface area contributed by atoms with E-state index in [-0.39, 0.29) is 11.8 Å². The van der Waals surface area contributed by atoms with Gasteiger partial charge in [0.25, 0.3) is 0 Å². The van der Waals surface area contributed by atoms with Gasteiger partial charge in [0.2, 0.25) is 5.91 Å². The van der Waals surface area contributed by atoms with Gasteiger partial charge in [-0.1, -0.05) is 38.0 Å². The zero-order valence-corrected chi connectivity index (χ0v) is 11.5. The van der Waals surface area contributed by atoms with Crippen LogP contribution in [0.4, 0.5) is 0 Å². The molecule has 1 unspecified atom stereocenters. The molecular weight excluding hydrogens is 242 g/mol. The highest BCUT2D eigenvalue weighted by Crippen LogP contribution is 2.28. The summed E-state index contributed by atoms with van der Waals surface area (Å²) in [7, 11) is 0. The first-order valence-corrected chi connectivity index (χ1v) is 7.34. The topological polar surface area (TPSA) is 43.1 Å². The van der Waals surface area contributed by atoms with E-state index in [4.69, 9.17) is 5.73 Å². The van der Waals surface area contributed by atoms with Crippen molar-refractivity contribution in [1.29, 1.82) is 0 Å². The SMILES string of the molecule is CCCCC(Cc1csc2ccccc12)C(N)=O. The van der Waals surface area contributed by atoms with Gasteiger partial charge in [0.1, 0.15) is 0 Å². The van der Waals surface area contributed by atoms with Gasteiger partial charge in [-0.15, -0.1) is 11.3 Å². The van der Waals surface area contributed by atoms with Crippen molar-refractivity contribution < 1.29 is 4.79 Å². The summed E-state index contributed by atoms with van der Waals surface area (Å²) in [4.78, 5) is 11.5. The molecule has 3 heteroatoms. The molecular formula is C15H19NOS. The number of benzene rings is 1. The van der Waals surface area contributed by atoms with Gasteiger partial charge in [-0.2, -0.15) is 0 Å². The highest BCUT2D eigenvalue weighted by atomic mass is 32.1.